The molecule has 0 saturated carbocycles. The fourth-order valence-corrected chi connectivity index (χ4v) is 11.7. The Morgan fingerprint density at radius 2 is 0.520 bits per heavy atom. The molecule has 5 atom stereocenters. The van der Waals surface area contributed by atoms with Gasteiger partial charge in [-0.25, -0.2) is 9.13 Å². The third-order valence-corrected chi connectivity index (χ3v) is 17.9. The van der Waals surface area contributed by atoms with E-state index in [4.69, 9.17) is 37.0 Å². The first-order valence-electron chi connectivity index (χ1n) is 38.8. The maximum atomic E-state index is 13.1. The molecule has 19 heteroatoms. The van der Waals surface area contributed by atoms with E-state index in [0.29, 0.717) is 38.5 Å². The molecule has 0 heterocycles. The predicted molar refractivity (Wildman–Crippen MR) is 408 cm³/mol. The summed E-state index contributed by atoms with van der Waals surface area (Å²) < 4.78 is 68.4. The number of rotatable bonds is 72. The minimum Gasteiger partial charge on any atom is -0.462 e. The van der Waals surface area contributed by atoms with Gasteiger partial charge in [-0.3, -0.25) is 37.3 Å². The number of phosphoric acid groups is 2. The number of esters is 4. The van der Waals surface area contributed by atoms with Gasteiger partial charge >= 0.3 is 39.5 Å². The third kappa shape index (κ3) is 71.8. The minimum absolute atomic E-state index is 0.0823. The molecule has 0 aliphatic carbocycles. The first kappa shape index (κ1) is 95.5. The molecule has 100 heavy (non-hydrogen) atoms. The molecule has 574 valence electrons. The van der Waals surface area contributed by atoms with Crippen molar-refractivity contribution in [1.29, 1.82) is 0 Å². The van der Waals surface area contributed by atoms with E-state index in [0.717, 1.165) is 116 Å². The first-order chi connectivity index (χ1) is 48.7. The molecule has 17 nitrogen and oxygen atoms in total. The number of phosphoric ester groups is 2. The Morgan fingerprint density at radius 3 is 0.790 bits per heavy atom. The Hall–Kier alpha value is -4.54. The van der Waals surface area contributed by atoms with Crippen molar-refractivity contribution in [1.82, 2.24) is 0 Å². The van der Waals surface area contributed by atoms with E-state index in [1.165, 1.54) is 103 Å². The lowest BCUT2D eigenvalue weighted by molar-refractivity contribution is -0.161. The number of aliphatic hydroxyl groups excluding tert-OH is 1. The Kier molecular flexibility index (Phi) is 69.5. The number of ether oxygens (including phenoxy) is 4. The van der Waals surface area contributed by atoms with Crippen molar-refractivity contribution < 1.29 is 80.2 Å². The molecule has 0 aromatic heterocycles. The quantitative estimate of drug-likeness (QED) is 0.0169. The Bertz CT molecular complexity index is 2370. The Balaban J connectivity index is 5.41. The van der Waals surface area contributed by atoms with Crippen LogP contribution in [0.1, 0.15) is 310 Å². The van der Waals surface area contributed by atoms with Crippen molar-refractivity contribution in [2.45, 2.75) is 329 Å². The van der Waals surface area contributed by atoms with Crippen molar-refractivity contribution in [3.63, 3.8) is 0 Å². The summed E-state index contributed by atoms with van der Waals surface area (Å²) in [6, 6.07) is 0. The van der Waals surface area contributed by atoms with Gasteiger partial charge in [0.25, 0.3) is 0 Å². The van der Waals surface area contributed by atoms with Crippen LogP contribution >= 0.6 is 15.6 Å². The molecule has 0 aliphatic rings. The van der Waals surface area contributed by atoms with Gasteiger partial charge < -0.3 is 33.8 Å². The van der Waals surface area contributed by atoms with Gasteiger partial charge in [-0.05, 0) is 103 Å². The van der Waals surface area contributed by atoms with Gasteiger partial charge in [0.15, 0.2) is 12.2 Å². The van der Waals surface area contributed by atoms with Crippen molar-refractivity contribution in [3.05, 3.63) is 122 Å². The number of aliphatic hydroxyl groups is 1. The van der Waals surface area contributed by atoms with E-state index in [-0.39, 0.29) is 25.7 Å². The molecule has 0 rings (SSSR count). The van der Waals surface area contributed by atoms with Crippen LogP contribution in [-0.4, -0.2) is 96.7 Å². The molecule has 5 unspecified atom stereocenters. The third-order valence-electron chi connectivity index (χ3n) is 16.0. The molecular formula is C81H138O17P2. The molecule has 0 aromatic rings. The summed E-state index contributed by atoms with van der Waals surface area (Å²) in [5, 5.41) is 10.6. The standard InChI is InChI=1S/C81H138O17P2/c1-5-9-13-17-21-25-29-32-35-37-40-42-46-49-53-57-61-65-78(83)91-71-76(97-80(85)67-63-59-55-51-45-28-24-20-16-12-8-4)73-95-99(87,88)93-69-75(82)70-94-100(89,90)96-74-77(98-81(86)68-64-60-56-52-48-44-39-34-31-27-23-19-15-11-7-3)72-92-79(84)66-62-58-54-50-47-43-41-38-36-33-30-26-22-18-14-10-6-2/h9-10,13-14,21-22,25-26,32-33,35-36,40-43,49-50,53-54,75-77,82H,5-8,11-12,15-20,23-24,27-31,34,37-39,44-48,51-52,55-74H2,1-4H3,(H,87,88)(H,89,90)/b13-9-,14-10-,25-21-,26-22-,35-32-,36-33-,42-40-,43-41-,53-49-,54-50-. The van der Waals surface area contributed by atoms with Crippen LogP contribution in [0.3, 0.4) is 0 Å². The largest absolute Gasteiger partial charge is 0.472 e. The lowest BCUT2D eigenvalue weighted by Crippen LogP contribution is -2.30. The van der Waals surface area contributed by atoms with Gasteiger partial charge in [0.2, 0.25) is 0 Å². The van der Waals surface area contributed by atoms with Crippen molar-refractivity contribution in [2.24, 2.45) is 0 Å². The van der Waals surface area contributed by atoms with E-state index < -0.39 is 97.5 Å². The molecule has 0 fully saturated rings. The van der Waals surface area contributed by atoms with Gasteiger partial charge in [-0.2, -0.15) is 0 Å². The van der Waals surface area contributed by atoms with Crippen LogP contribution in [0, 0.1) is 0 Å². The highest BCUT2D eigenvalue weighted by Crippen LogP contribution is 2.45. The van der Waals surface area contributed by atoms with E-state index in [1.807, 2.05) is 24.3 Å². The fraction of sp³-hybridized carbons (Fsp3) is 0.704. The minimum atomic E-state index is -4.99. The fourth-order valence-electron chi connectivity index (χ4n) is 10.1. The normalized spacial score (nSPS) is 14.6. The highest BCUT2D eigenvalue weighted by molar-refractivity contribution is 7.47. The molecule has 0 aliphatic heterocycles. The van der Waals surface area contributed by atoms with Crippen LogP contribution < -0.4 is 0 Å². The second-order valence-electron chi connectivity index (χ2n) is 25.5. The molecule has 0 spiro atoms. The summed E-state index contributed by atoms with van der Waals surface area (Å²) in [5.74, 6) is -2.30. The zero-order chi connectivity index (χ0) is 73.2. The van der Waals surface area contributed by atoms with Crippen LogP contribution in [0.2, 0.25) is 0 Å². The second-order valence-corrected chi connectivity index (χ2v) is 28.5. The topological polar surface area (TPSA) is 237 Å². The predicted octanol–water partition coefficient (Wildman–Crippen LogP) is 22.3. The van der Waals surface area contributed by atoms with Gasteiger partial charge in [-0.1, -0.05) is 303 Å². The Labute approximate surface area is 606 Å². The number of carbonyl (C=O) groups excluding carboxylic acids is 4. The molecular weight excluding hydrogens is 1310 g/mol. The molecule has 0 bridgehead atoms. The summed E-state index contributed by atoms with van der Waals surface area (Å²) in [5.41, 5.74) is 0. The molecule has 0 aromatic carbocycles. The van der Waals surface area contributed by atoms with E-state index >= 15 is 0 Å². The smallest absolute Gasteiger partial charge is 0.462 e. The van der Waals surface area contributed by atoms with Crippen molar-refractivity contribution in [2.75, 3.05) is 39.6 Å². The number of hydrogen-bond acceptors (Lipinski definition) is 15. The SMILES string of the molecule is CC/C=C\C/C=C\C/C=C\C/C=C\C/C=C\CCCC(=O)OCC(COP(=O)(O)OCC(O)COP(=O)(O)OCC(COC(=O)CCC/C=C\C/C=C\C/C=C\C/C=C\C/C=C\CC)OC(=O)CCCCCCCCCCCCCCCCC)OC(=O)CCCCCCCCCCCCC. The summed E-state index contributed by atoms with van der Waals surface area (Å²) in [6.45, 7) is 4.53. The average molecular weight is 1450 g/mol. The number of unbranched alkanes of at least 4 members (excludes halogenated alkanes) is 26. The van der Waals surface area contributed by atoms with Crippen LogP contribution in [0.15, 0.2) is 122 Å². The van der Waals surface area contributed by atoms with E-state index in [2.05, 4.69) is 125 Å². The maximum Gasteiger partial charge on any atom is 0.472 e. The summed E-state index contributed by atoms with van der Waals surface area (Å²) in [4.78, 5) is 72.8. The molecule has 0 amide bonds. The van der Waals surface area contributed by atoms with Crippen molar-refractivity contribution >= 4 is 39.5 Å². The van der Waals surface area contributed by atoms with Gasteiger partial charge in [-0.15, -0.1) is 0 Å². The van der Waals surface area contributed by atoms with Crippen LogP contribution in [0.25, 0.3) is 0 Å². The first-order valence-corrected chi connectivity index (χ1v) is 41.8. The summed E-state index contributed by atoms with van der Waals surface area (Å²) in [6.07, 6.45) is 79.2. The molecule has 0 saturated heterocycles. The highest BCUT2D eigenvalue weighted by atomic mass is 31.2. The lowest BCUT2D eigenvalue weighted by atomic mass is 10.0. The summed E-state index contributed by atoms with van der Waals surface area (Å²) >= 11 is 0. The van der Waals surface area contributed by atoms with E-state index in [1.54, 1.807) is 0 Å². The van der Waals surface area contributed by atoms with Gasteiger partial charge in [0, 0.05) is 25.7 Å². The number of carbonyl (C=O) groups is 4. The van der Waals surface area contributed by atoms with E-state index in [9.17, 15) is 43.2 Å². The van der Waals surface area contributed by atoms with Gasteiger partial charge in [0.05, 0.1) is 26.4 Å². The van der Waals surface area contributed by atoms with Crippen LogP contribution in [-0.2, 0) is 65.4 Å². The average Bonchev–Trinajstić information content (AvgIpc) is 0.989. The number of allylic oxidation sites excluding steroid dienone is 20. The maximum absolute atomic E-state index is 13.1. The van der Waals surface area contributed by atoms with Gasteiger partial charge in [0.1, 0.15) is 19.3 Å². The summed E-state index contributed by atoms with van der Waals surface area (Å²) in [7, 11) is -9.98. The number of hydrogen-bond donors (Lipinski definition) is 3. The second kappa shape index (κ2) is 72.8. The molecule has 3 N–H and O–H groups in total. The zero-order valence-electron chi connectivity index (χ0n) is 62.6. The van der Waals surface area contributed by atoms with Crippen LogP contribution in [0.4, 0.5) is 0 Å². The van der Waals surface area contributed by atoms with Crippen LogP contribution in [0.5, 0.6) is 0 Å². The zero-order valence-corrected chi connectivity index (χ0v) is 64.4. The lowest BCUT2D eigenvalue weighted by Gasteiger charge is -2.21. The highest BCUT2D eigenvalue weighted by Gasteiger charge is 2.30. The Morgan fingerprint density at radius 1 is 0.290 bits per heavy atom. The molecule has 0 radical (unpaired) electrons. The monoisotopic (exact) mass is 1440 g/mol. The van der Waals surface area contributed by atoms with Crippen molar-refractivity contribution in [3.8, 4) is 0 Å².